The van der Waals surface area contributed by atoms with Crippen LogP contribution in [0.25, 0.3) is 0 Å². The van der Waals surface area contributed by atoms with Crippen molar-refractivity contribution in [2.24, 2.45) is 0 Å². The zero-order valence-corrected chi connectivity index (χ0v) is 15.6. The van der Waals surface area contributed by atoms with E-state index >= 15 is 0 Å². The van der Waals surface area contributed by atoms with E-state index < -0.39 is 24.3 Å². The number of esters is 1. The van der Waals surface area contributed by atoms with E-state index in [9.17, 15) is 14.0 Å². The van der Waals surface area contributed by atoms with Gasteiger partial charge in [0, 0.05) is 16.8 Å². The molecule has 0 aromatic heterocycles. The zero-order chi connectivity index (χ0) is 19.8. The number of carbonyl (C=O) groups excluding carboxylic acids is 2. The molecule has 8 heteroatoms. The summed E-state index contributed by atoms with van der Waals surface area (Å²) in [5.74, 6) is -1.31. The lowest BCUT2D eigenvalue weighted by atomic mass is 10.2. The van der Waals surface area contributed by atoms with Crippen LogP contribution in [0, 0.1) is 5.82 Å². The van der Waals surface area contributed by atoms with Crippen molar-refractivity contribution in [1.82, 2.24) is 0 Å². The largest absolute Gasteiger partial charge is 0.490 e. The maximum atomic E-state index is 13.7. The second-order valence-electron chi connectivity index (χ2n) is 5.28. The summed E-state index contributed by atoms with van der Waals surface area (Å²) < 4.78 is 29.4. The first-order valence-electron chi connectivity index (χ1n) is 8.26. The SMILES string of the molecule is CCOc1ccc(NC(=O)COC(=O)c2ccc(Cl)cc2F)cc1OCC. The molecule has 0 spiro atoms. The number of rotatable bonds is 8. The summed E-state index contributed by atoms with van der Waals surface area (Å²) in [6.07, 6.45) is 0. The van der Waals surface area contributed by atoms with E-state index in [1.165, 1.54) is 12.1 Å². The summed E-state index contributed by atoms with van der Waals surface area (Å²) in [5.41, 5.74) is 0.146. The summed E-state index contributed by atoms with van der Waals surface area (Å²) in [4.78, 5) is 23.9. The molecule has 144 valence electrons. The summed E-state index contributed by atoms with van der Waals surface area (Å²) in [7, 11) is 0. The van der Waals surface area contributed by atoms with Gasteiger partial charge in [0.1, 0.15) is 5.82 Å². The van der Waals surface area contributed by atoms with Crippen LogP contribution in [0.3, 0.4) is 0 Å². The molecule has 0 heterocycles. The highest BCUT2D eigenvalue weighted by molar-refractivity contribution is 6.30. The van der Waals surface area contributed by atoms with Crippen molar-refractivity contribution in [3.05, 3.63) is 52.8 Å². The Morgan fingerprint density at radius 2 is 1.74 bits per heavy atom. The molecule has 0 atom stereocenters. The Morgan fingerprint density at radius 3 is 2.41 bits per heavy atom. The fourth-order valence-electron chi connectivity index (χ4n) is 2.19. The van der Waals surface area contributed by atoms with Crippen LogP contribution in [-0.4, -0.2) is 31.7 Å². The minimum atomic E-state index is -0.957. The molecule has 1 N–H and O–H groups in total. The molecule has 0 saturated heterocycles. The molecule has 0 aliphatic heterocycles. The molecule has 0 fully saturated rings. The van der Waals surface area contributed by atoms with Gasteiger partial charge >= 0.3 is 5.97 Å². The Bertz CT molecular complexity index is 828. The van der Waals surface area contributed by atoms with E-state index in [0.717, 1.165) is 6.07 Å². The summed E-state index contributed by atoms with van der Waals surface area (Å²) in [5, 5.41) is 2.73. The van der Waals surface area contributed by atoms with Gasteiger partial charge in [-0.1, -0.05) is 11.6 Å². The van der Waals surface area contributed by atoms with Crippen molar-refractivity contribution in [1.29, 1.82) is 0 Å². The molecular weight excluding hydrogens is 377 g/mol. The smallest absolute Gasteiger partial charge is 0.341 e. The maximum Gasteiger partial charge on any atom is 0.341 e. The van der Waals surface area contributed by atoms with Gasteiger partial charge < -0.3 is 19.5 Å². The molecule has 1 amide bonds. The van der Waals surface area contributed by atoms with E-state index in [1.54, 1.807) is 18.2 Å². The predicted octanol–water partition coefficient (Wildman–Crippen LogP) is 4.07. The Balaban J connectivity index is 1.97. The number of nitrogens with one attached hydrogen (secondary N) is 1. The predicted molar refractivity (Wildman–Crippen MR) is 99.1 cm³/mol. The number of hydrogen-bond acceptors (Lipinski definition) is 5. The van der Waals surface area contributed by atoms with Crippen molar-refractivity contribution in [2.75, 3.05) is 25.1 Å². The van der Waals surface area contributed by atoms with Gasteiger partial charge in [-0.2, -0.15) is 0 Å². The van der Waals surface area contributed by atoms with Crippen LogP contribution in [-0.2, 0) is 9.53 Å². The number of hydrogen-bond donors (Lipinski definition) is 1. The summed E-state index contributed by atoms with van der Waals surface area (Å²) in [6.45, 7) is 4.02. The lowest BCUT2D eigenvalue weighted by Gasteiger charge is -2.13. The molecule has 0 aliphatic carbocycles. The minimum absolute atomic E-state index is 0.155. The normalized spacial score (nSPS) is 10.2. The topological polar surface area (TPSA) is 73.9 Å². The molecule has 2 aromatic carbocycles. The van der Waals surface area contributed by atoms with E-state index in [2.05, 4.69) is 5.32 Å². The molecule has 2 aromatic rings. The van der Waals surface area contributed by atoms with Crippen molar-refractivity contribution in [3.63, 3.8) is 0 Å². The number of halogens is 2. The molecule has 0 bridgehead atoms. The minimum Gasteiger partial charge on any atom is -0.490 e. The summed E-state index contributed by atoms with van der Waals surface area (Å²) in [6, 6.07) is 8.45. The molecular formula is C19H19ClFNO5. The van der Waals surface area contributed by atoms with Crippen molar-refractivity contribution in [3.8, 4) is 11.5 Å². The molecule has 6 nitrogen and oxygen atoms in total. The van der Waals surface area contributed by atoms with Crippen LogP contribution in [0.1, 0.15) is 24.2 Å². The third-order valence-corrected chi connectivity index (χ3v) is 3.55. The third kappa shape index (κ3) is 5.86. The maximum absolute atomic E-state index is 13.7. The Labute approximate surface area is 161 Å². The van der Waals surface area contributed by atoms with Gasteiger partial charge in [-0.25, -0.2) is 9.18 Å². The summed E-state index contributed by atoms with van der Waals surface area (Å²) >= 11 is 5.63. The highest BCUT2D eigenvalue weighted by Crippen LogP contribution is 2.30. The quantitative estimate of drug-likeness (QED) is 0.682. The zero-order valence-electron chi connectivity index (χ0n) is 14.9. The van der Waals surface area contributed by atoms with Crippen LogP contribution < -0.4 is 14.8 Å². The van der Waals surface area contributed by atoms with Gasteiger partial charge in [-0.3, -0.25) is 4.79 Å². The average molecular weight is 396 g/mol. The van der Waals surface area contributed by atoms with Gasteiger partial charge in [-0.05, 0) is 44.2 Å². The van der Waals surface area contributed by atoms with E-state index in [-0.39, 0.29) is 10.6 Å². The van der Waals surface area contributed by atoms with Crippen molar-refractivity contribution < 1.29 is 28.2 Å². The van der Waals surface area contributed by atoms with Crippen LogP contribution in [0.2, 0.25) is 5.02 Å². The van der Waals surface area contributed by atoms with Crippen molar-refractivity contribution in [2.45, 2.75) is 13.8 Å². The van der Waals surface area contributed by atoms with Crippen LogP contribution >= 0.6 is 11.6 Å². The van der Waals surface area contributed by atoms with Crippen LogP contribution in [0.4, 0.5) is 10.1 Å². The highest BCUT2D eigenvalue weighted by Gasteiger charge is 2.15. The van der Waals surface area contributed by atoms with Crippen molar-refractivity contribution >= 4 is 29.2 Å². The fourth-order valence-corrected chi connectivity index (χ4v) is 2.35. The molecule has 0 aliphatic rings. The lowest BCUT2D eigenvalue weighted by molar-refractivity contribution is -0.119. The van der Waals surface area contributed by atoms with Crippen LogP contribution in [0.15, 0.2) is 36.4 Å². The lowest BCUT2D eigenvalue weighted by Crippen LogP contribution is -2.21. The molecule has 0 saturated carbocycles. The average Bonchev–Trinajstić information content (AvgIpc) is 2.62. The standard InChI is InChI=1S/C19H19ClFNO5/c1-3-25-16-8-6-13(10-17(16)26-4-2)22-18(23)11-27-19(24)14-7-5-12(20)9-15(14)21/h5-10H,3-4,11H2,1-2H3,(H,22,23). The Hall–Kier alpha value is -2.80. The van der Waals surface area contributed by atoms with Gasteiger partial charge in [0.15, 0.2) is 18.1 Å². The number of amides is 1. The molecule has 2 rings (SSSR count). The first kappa shape index (κ1) is 20.5. The fraction of sp³-hybridized carbons (Fsp3) is 0.263. The highest BCUT2D eigenvalue weighted by atomic mass is 35.5. The number of anilines is 1. The van der Waals surface area contributed by atoms with Gasteiger partial charge in [-0.15, -0.1) is 0 Å². The second kappa shape index (κ2) is 9.78. The Kier molecular flexibility index (Phi) is 7.43. The first-order valence-corrected chi connectivity index (χ1v) is 8.64. The number of carbonyl (C=O) groups is 2. The van der Waals surface area contributed by atoms with E-state index in [4.69, 9.17) is 25.8 Å². The van der Waals surface area contributed by atoms with Gasteiger partial charge in [0.2, 0.25) is 0 Å². The molecule has 0 unspecified atom stereocenters. The van der Waals surface area contributed by atoms with Gasteiger partial charge in [0.05, 0.1) is 18.8 Å². The third-order valence-electron chi connectivity index (χ3n) is 3.31. The first-order chi connectivity index (χ1) is 12.9. The van der Waals surface area contributed by atoms with E-state index in [1.807, 2.05) is 13.8 Å². The number of ether oxygens (including phenoxy) is 3. The molecule has 27 heavy (non-hydrogen) atoms. The monoisotopic (exact) mass is 395 g/mol. The Morgan fingerprint density at radius 1 is 1.04 bits per heavy atom. The van der Waals surface area contributed by atoms with Crippen LogP contribution in [0.5, 0.6) is 11.5 Å². The van der Waals surface area contributed by atoms with E-state index in [0.29, 0.717) is 30.4 Å². The second-order valence-corrected chi connectivity index (χ2v) is 5.71. The molecule has 0 radical (unpaired) electrons. The number of benzene rings is 2. The van der Waals surface area contributed by atoms with Gasteiger partial charge in [0.25, 0.3) is 5.91 Å².